The van der Waals surface area contributed by atoms with E-state index in [1.165, 1.54) is 0 Å². The van der Waals surface area contributed by atoms with E-state index in [0.29, 0.717) is 43.9 Å². The smallest absolute Gasteiger partial charge is 0.184 e. The summed E-state index contributed by atoms with van der Waals surface area (Å²) in [6.07, 6.45) is -7.08. The molecule has 0 aliphatic carbocycles. The van der Waals surface area contributed by atoms with Gasteiger partial charge in [0.15, 0.2) is 37.7 Å². The van der Waals surface area contributed by atoms with Crippen LogP contribution in [0.3, 0.4) is 0 Å². The molecule has 6 heterocycles. The normalized spacial score (nSPS) is 53.4. The van der Waals surface area contributed by atoms with Crippen LogP contribution < -0.4 is 0 Å². The summed E-state index contributed by atoms with van der Waals surface area (Å²) in [5.41, 5.74) is 0. The zero-order valence-electron chi connectivity index (χ0n) is 43.8. The second-order valence-electron chi connectivity index (χ2n) is 21.8. The molecule has 6 saturated heterocycles. The number of rotatable bonds is 16. The minimum Gasteiger partial charge on any atom is -0.387 e. The van der Waals surface area contributed by atoms with Gasteiger partial charge in [-0.15, -0.1) is 0 Å². The van der Waals surface area contributed by atoms with Gasteiger partial charge in [0.1, 0.15) is 18.3 Å². The number of ether oxygens (including phenoxy) is 11. The lowest BCUT2D eigenvalue weighted by molar-refractivity contribution is -0.374. The van der Waals surface area contributed by atoms with E-state index in [9.17, 15) is 20.4 Å². The van der Waals surface area contributed by atoms with Gasteiger partial charge in [0, 0.05) is 35.5 Å². The highest BCUT2D eigenvalue weighted by molar-refractivity contribution is 4.96. The average molecular weight is 959 g/mol. The Morgan fingerprint density at radius 3 is 0.866 bits per heavy atom. The van der Waals surface area contributed by atoms with Crippen LogP contribution in [0, 0.1) is 59.2 Å². The lowest BCUT2D eigenvalue weighted by Crippen LogP contribution is -2.62. The van der Waals surface area contributed by atoms with E-state index in [2.05, 4.69) is 76.2 Å². The minimum atomic E-state index is -1.26. The van der Waals surface area contributed by atoms with E-state index in [1.54, 1.807) is 0 Å². The summed E-state index contributed by atoms with van der Waals surface area (Å²) >= 11 is 0. The summed E-state index contributed by atoms with van der Waals surface area (Å²) in [6, 6.07) is 0. The first kappa shape index (κ1) is 55.7. The molecule has 6 rings (SSSR count). The molecule has 30 atom stereocenters. The molecule has 0 saturated carbocycles. The van der Waals surface area contributed by atoms with Crippen molar-refractivity contribution in [3.8, 4) is 0 Å². The quantitative estimate of drug-likeness (QED) is 0.122. The van der Waals surface area contributed by atoms with Crippen LogP contribution in [0.2, 0.25) is 0 Å². The fraction of sp³-hybridized carbons (Fsp3) is 1.00. The Balaban J connectivity index is 1.07. The van der Waals surface area contributed by atoms with Crippen LogP contribution in [0.15, 0.2) is 0 Å². The summed E-state index contributed by atoms with van der Waals surface area (Å²) in [5, 5.41) is 44.6. The summed E-state index contributed by atoms with van der Waals surface area (Å²) in [7, 11) is 0. The Kier molecular flexibility index (Phi) is 19.9. The van der Waals surface area contributed by atoms with Gasteiger partial charge in [0.05, 0.1) is 67.1 Å². The molecule has 0 bridgehead atoms. The van der Waals surface area contributed by atoms with Crippen LogP contribution in [0.1, 0.15) is 149 Å². The van der Waals surface area contributed by atoms with Gasteiger partial charge in [0.25, 0.3) is 0 Å². The van der Waals surface area contributed by atoms with Crippen molar-refractivity contribution in [2.75, 3.05) is 0 Å². The Morgan fingerprint density at radius 2 is 0.522 bits per heavy atom. The molecule has 0 amide bonds. The Morgan fingerprint density at radius 1 is 0.269 bits per heavy atom. The maximum absolute atomic E-state index is 11.9. The number of hydrogen-bond donors (Lipinski definition) is 4. The Bertz CT molecular complexity index is 1480. The van der Waals surface area contributed by atoms with Gasteiger partial charge in [-0.05, 0) is 62.2 Å². The van der Waals surface area contributed by atoms with Gasteiger partial charge >= 0.3 is 0 Å². The predicted molar refractivity (Wildman–Crippen MR) is 250 cm³/mol. The molecule has 0 radical (unpaired) electrons. The molecule has 67 heavy (non-hydrogen) atoms. The lowest BCUT2D eigenvalue weighted by Gasteiger charge is -2.52. The maximum Gasteiger partial charge on any atom is 0.184 e. The van der Waals surface area contributed by atoms with E-state index < -0.39 is 68.1 Å². The van der Waals surface area contributed by atoms with Crippen molar-refractivity contribution in [3.05, 3.63) is 0 Å². The molecular weight excluding hydrogens is 865 g/mol. The monoisotopic (exact) mass is 959 g/mol. The molecule has 6 aliphatic rings. The van der Waals surface area contributed by atoms with Gasteiger partial charge in [-0.25, -0.2) is 0 Å². The largest absolute Gasteiger partial charge is 0.387 e. The molecule has 4 N–H and O–H groups in total. The van der Waals surface area contributed by atoms with Crippen molar-refractivity contribution >= 4 is 0 Å². The van der Waals surface area contributed by atoms with Crippen LogP contribution in [0.25, 0.3) is 0 Å². The number of aliphatic hydroxyl groups is 4. The van der Waals surface area contributed by atoms with E-state index in [0.717, 1.165) is 6.42 Å². The molecule has 0 spiro atoms. The third kappa shape index (κ3) is 11.5. The molecular formula is C52H94O15. The van der Waals surface area contributed by atoms with Crippen molar-refractivity contribution in [1.29, 1.82) is 0 Å². The lowest BCUT2D eigenvalue weighted by atomic mass is 9.78. The third-order valence-corrected chi connectivity index (χ3v) is 17.8. The Hall–Kier alpha value is -0.600. The first-order valence-electron chi connectivity index (χ1n) is 26.7. The van der Waals surface area contributed by atoms with E-state index in [1.807, 2.05) is 34.6 Å². The van der Waals surface area contributed by atoms with Crippen LogP contribution in [0.5, 0.6) is 0 Å². The highest BCUT2D eigenvalue weighted by atomic mass is 16.8. The van der Waals surface area contributed by atoms with Crippen molar-refractivity contribution in [2.45, 2.75) is 273 Å². The molecule has 15 nitrogen and oxygen atoms in total. The van der Waals surface area contributed by atoms with Gasteiger partial charge in [-0.2, -0.15) is 0 Å². The summed E-state index contributed by atoms with van der Waals surface area (Å²) in [4.78, 5) is 0. The zero-order valence-corrected chi connectivity index (χ0v) is 43.8. The highest BCUT2D eigenvalue weighted by Gasteiger charge is 2.54. The predicted octanol–water partition coefficient (Wildman–Crippen LogP) is 7.16. The molecule has 15 heteroatoms. The SMILES string of the molecule is CCC1O[C@H](O[C@@H]2C(CC)O[C@@H](O[C@@H]3C(CC)O[C@@H](O[C@@H]4C(CC)O[C@@H](O[C@@H]5C(CC)O[C@H](O[C@@H]6C(CC)O[C@@H](O)C(O)C6C)C(C)C5C)C(O)[C@H]4C)C(C)[C@H]3C)C(O)C2C)C(C)C(C)[C@@H]1C. The van der Waals surface area contributed by atoms with Crippen molar-refractivity contribution in [3.63, 3.8) is 0 Å². The van der Waals surface area contributed by atoms with Gasteiger partial charge in [-0.1, -0.05) is 111 Å². The molecule has 392 valence electrons. The van der Waals surface area contributed by atoms with Crippen LogP contribution in [0.4, 0.5) is 0 Å². The third-order valence-electron chi connectivity index (χ3n) is 17.8. The van der Waals surface area contributed by atoms with Crippen molar-refractivity contribution in [2.24, 2.45) is 59.2 Å². The molecule has 6 aliphatic heterocycles. The molecule has 16 unspecified atom stereocenters. The minimum absolute atomic E-state index is 0.0253. The fourth-order valence-corrected chi connectivity index (χ4v) is 12.0. The average Bonchev–Trinajstić information content (AvgIpc) is 3.32. The molecule has 0 aromatic rings. The van der Waals surface area contributed by atoms with Crippen molar-refractivity contribution in [1.82, 2.24) is 0 Å². The fourth-order valence-electron chi connectivity index (χ4n) is 12.0. The first-order valence-corrected chi connectivity index (χ1v) is 26.7. The molecule has 0 aromatic carbocycles. The van der Waals surface area contributed by atoms with Gasteiger partial charge in [0.2, 0.25) is 0 Å². The van der Waals surface area contributed by atoms with Crippen LogP contribution in [-0.2, 0) is 52.1 Å². The summed E-state index contributed by atoms with van der Waals surface area (Å²) in [6.45, 7) is 33.4. The second-order valence-corrected chi connectivity index (χ2v) is 21.8. The topological polar surface area (TPSA) is 182 Å². The van der Waals surface area contributed by atoms with E-state index in [-0.39, 0.29) is 102 Å². The van der Waals surface area contributed by atoms with E-state index in [4.69, 9.17) is 52.1 Å². The van der Waals surface area contributed by atoms with Crippen molar-refractivity contribution < 1.29 is 72.5 Å². The Labute approximate surface area is 403 Å². The number of hydrogen-bond acceptors (Lipinski definition) is 15. The van der Waals surface area contributed by atoms with Gasteiger partial charge in [-0.3, -0.25) is 0 Å². The standard InChI is InChI=1S/C52H94O15/c1-17-33-24(8)23(7)27(11)48(58-33)64-45-31(15)40(54)51(61-37(45)21-5)67-43-26(10)29(13)50(60-36(43)20-4)65-46-32(16)41(55)52(62-38(46)22-6)66-42-25(9)28(12)49(59-35(42)19-3)63-44-30(14)39(53)47(56)57-34(44)18-2/h23-56H,17-22H2,1-16H3/t23?,24-,25?,26+,27?,28?,29?,30?,31?,32+,33?,34?,35?,36?,37?,38?,39?,40?,41?,42-,43-,44-,45-,46-,47+,48+,49+,50-,51-,52-/m0/s1. The van der Waals surface area contributed by atoms with Gasteiger partial charge < -0.3 is 72.5 Å². The first-order chi connectivity index (χ1) is 31.8. The zero-order chi connectivity index (χ0) is 49.3. The molecule has 6 fully saturated rings. The highest BCUT2D eigenvalue weighted by Crippen LogP contribution is 2.45. The molecule has 0 aromatic heterocycles. The maximum atomic E-state index is 11.9. The number of aliphatic hydroxyl groups excluding tert-OH is 4. The second kappa shape index (κ2) is 24.0. The summed E-state index contributed by atoms with van der Waals surface area (Å²) < 4.78 is 72.7. The van der Waals surface area contributed by atoms with E-state index >= 15 is 0 Å². The van der Waals surface area contributed by atoms with Crippen LogP contribution >= 0.6 is 0 Å². The van der Waals surface area contributed by atoms with Crippen LogP contribution in [-0.4, -0.2) is 144 Å². The summed E-state index contributed by atoms with van der Waals surface area (Å²) in [5.74, 6) is -0.167.